The summed E-state index contributed by atoms with van der Waals surface area (Å²) in [4.78, 5) is 30.9. The number of nitrogens with one attached hydrogen (secondary N) is 2. The number of aromatic amines is 1. The zero-order valence-corrected chi connectivity index (χ0v) is 17.9. The van der Waals surface area contributed by atoms with Crippen LogP contribution in [0.4, 0.5) is 0 Å². The molecule has 0 radical (unpaired) electrons. The second-order valence-corrected chi connectivity index (χ2v) is 8.14. The minimum Gasteiger partial charge on any atom is -0.354 e. The second kappa shape index (κ2) is 7.85. The van der Waals surface area contributed by atoms with E-state index in [9.17, 15) is 9.59 Å². The van der Waals surface area contributed by atoms with Crippen molar-refractivity contribution in [1.29, 1.82) is 0 Å². The Morgan fingerprint density at radius 2 is 1.87 bits per heavy atom. The summed E-state index contributed by atoms with van der Waals surface area (Å²) >= 11 is 0. The van der Waals surface area contributed by atoms with Crippen LogP contribution in [-0.2, 0) is 24.4 Å². The Morgan fingerprint density at radius 3 is 2.53 bits per heavy atom. The number of rotatable bonds is 4. The molecule has 30 heavy (non-hydrogen) atoms. The number of fused-ring (bicyclic) bond motifs is 1. The molecule has 0 spiro atoms. The third-order valence-electron chi connectivity index (χ3n) is 5.91. The smallest absolute Gasteiger partial charge is 0.268 e. The SMILES string of the molecule is Cc1cc(C(=O)NC2CN(C(=O)Cn3c(C)ccc3C)Cc3ccnn3C2)[nH]c1C. The number of carbonyl (C=O) groups excluding carboxylic acids is 2. The van der Waals surface area contributed by atoms with Gasteiger partial charge in [0, 0.05) is 29.8 Å². The van der Waals surface area contributed by atoms with E-state index in [2.05, 4.69) is 15.4 Å². The van der Waals surface area contributed by atoms with Gasteiger partial charge in [-0.1, -0.05) is 0 Å². The molecule has 0 aliphatic carbocycles. The van der Waals surface area contributed by atoms with E-state index in [1.165, 1.54) is 0 Å². The van der Waals surface area contributed by atoms with Crippen molar-refractivity contribution in [3.8, 4) is 0 Å². The molecule has 0 saturated heterocycles. The molecule has 3 aromatic heterocycles. The molecule has 158 valence electrons. The molecule has 2 N–H and O–H groups in total. The van der Waals surface area contributed by atoms with E-state index >= 15 is 0 Å². The van der Waals surface area contributed by atoms with Gasteiger partial charge in [-0.15, -0.1) is 0 Å². The zero-order chi connectivity index (χ0) is 21.4. The van der Waals surface area contributed by atoms with Gasteiger partial charge in [0.05, 0.1) is 24.8 Å². The first-order valence-corrected chi connectivity index (χ1v) is 10.2. The monoisotopic (exact) mass is 408 g/mol. The van der Waals surface area contributed by atoms with Crippen molar-refractivity contribution in [2.24, 2.45) is 0 Å². The van der Waals surface area contributed by atoms with E-state index in [-0.39, 0.29) is 24.4 Å². The molecule has 8 heteroatoms. The summed E-state index contributed by atoms with van der Waals surface area (Å²) in [5.74, 6) is -0.144. The highest BCUT2D eigenvalue weighted by Gasteiger charge is 2.27. The predicted molar refractivity (Wildman–Crippen MR) is 113 cm³/mol. The average molecular weight is 409 g/mol. The number of carbonyl (C=O) groups is 2. The molecular formula is C22H28N6O2. The van der Waals surface area contributed by atoms with E-state index in [4.69, 9.17) is 0 Å². The third kappa shape index (κ3) is 3.90. The van der Waals surface area contributed by atoms with Gasteiger partial charge >= 0.3 is 0 Å². The average Bonchev–Trinajstić information content (AvgIpc) is 3.33. The molecular weight excluding hydrogens is 380 g/mol. The lowest BCUT2D eigenvalue weighted by Crippen LogP contribution is -2.46. The molecule has 4 rings (SSSR count). The first-order valence-electron chi connectivity index (χ1n) is 10.2. The van der Waals surface area contributed by atoms with Crippen LogP contribution in [0.5, 0.6) is 0 Å². The first-order chi connectivity index (χ1) is 14.3. The predicted octanol–water partition coefficient (Wildman–Crippen LogP) is 2.09. The number of hydrogen-bond donors (Lipinski definition) is 2. The van der Waals surface area contributed by atoms with Crippen LogP contribution in [-0.4, -0.2) is 48.6 Å². The van der Waals surface area contributed by atoms with Gasteiger partial charge in [-0.3, -0.25) is 14.3 Å². The molecule has 0 aromatic carbocycles. The molecule has 1 aliphatic rings. The number of amides is 2. The number of aromatic nitrogens is 4. The summed E-state index contributed by atoms with van der Waals surface area (Å²) in [6, 6.07) is 7.57. The van der Waals surface area contributed by atoms with Crippen molar-refractivity contribution in [1.82, 2.24) is 29.5 Å². The van der Waals surface area contributed by atoms with Crippen molar-refractivity contribution >= 4 is 11.8 Å². The number of nitrogens with zero attached hydrogens (tertiary/aromatic N) is 4. The fourth-order valence-corrected chi connectivity index (χ4v) is 3.96. The minimum atomic E-state index is -0.238. The summed E-state index contributed by atoms with van der Waals surface area (Å²) in [5.41, 5.74) is 5.64. The van der Waals surface area contributed by atoms with Crippen LogP contribution in [0.3, 0.4) is 0 Å². The Morgan fingerprint density at radius 1 is 1.13 bits per heavy atom. The van der Waals surface area contributed by atoms with Crippen LogP contribution >= 0.6 is 0 Å². The lowest BCUT2D eigenvalue weighted by molar-refractivity contribution is -0.132. The topological polar surface area (TPSA) is 87.9 Å². The highest BCUT2D eigenvalue weighted by molar-refractivity contribution is 5.93. The number of aryl methyl sites for hydroxylation is 4. The van der Waals surface area contributed by atoms with Gasteiger partial charge < -0.3 is 19.8 Å². The fourth-order valence-electron chi connectivity index (χ4n) is 3.96. The third-order valence-corrected chi connectivity index (χ3v) is 5.91. The summed E-state index contributed by atoms with van der Waals surface area (Å²) in [7, 11) is 0. The number of H-pyrrole nitrogens is 1. The Bertz CT molecular complexity index is 1050. The van der Waals surface area contributed by atoms with E-state index < -0.39 is 0 Å². The summed E-state index contributed by atoms with van der Waals surface area (Å²) < 4.78 is 3.89. The van der Waals surface area contributed by atoms with E-state index in [1.54, 1.807) is 6.20 Å². The Balaban J connectivity index is 1.53. The van der Waals surface area contributed by atoms with Gasteiger partial charge in [0.15, 0.2) is 0 Å². The van der Waals surface area contributed by atoms with Crippen LogP contribution < -0.4 is 5.32 Å². The van der Waals surface area contributed by atoms with Gasteiger partial charge in [0.1, 0.15) is 12.2 Å². The summed E-state index contributed by atoms with van der Waals surface area (Å²) in [5, 5.41) is 7.46. The zero-order valence-electron chi connectivity index (χ0n) is 17.9. The van der Waals surface area contributed by atoms with E-state index in [0.717, 1.165) is 28.3 Å². The van der Waals surface area contributed by atoms with Crippen LogP contribution in [0.1, 0.15) is 38.8 Å². The van der Waals surface area contributed by atoms with Crippen molar-refractivity contribution < 1.29 is 9.59 Å². The molecule has 0 fully saturated rings. The first kappa shape index (κ1) is 20.0. The summed E-state index contributed by atoms with van der Waals surface area (Å²) in [6.45, 7) is 9.64. The van der Waals surface area contributed by atoms with Crippen molar-refractivity contribution in [2.45, 2.75) is 53.4 Å². The lowest BCUT2D eigenvalue weighted by Gasteiger charge is -2.25. The molecule has 3 aromatic rings. The molecule has 4 heterocycles. The normalized spacial score (nSPS) is 16.3. The molecule has 1 unspecified atom stereocenters. The van der Waals surface area contributed by atoms with Crippen molar-refractivity contribution in [2.75, 3.05) is 6.54 Å². The van der Waals surface area contributed by atoms with E-state index in [1.807, 2.05) is 66.1 Å². The maximum absolute atomic E-state index is 13.2. The van der Waals surface area contributed by atoms with Crippen LogP contribution in [0.25, 0.3) is 0 Å². The molecule has 1 atom stereocenters. The quantitative estimate of drug-likeness (QED) is 0.693. The van der Waals surface area contributed by atoms with Crippen LogP contribution in [0.2, 0.25) is 0 Å². The van der Waals surface area contributed by atoms with Gasteiger partial charge in [-0.2, -0.15) is 5.10 Å². The van der Waals surface area contributed by atoms with Gasteiger partial charge in [-0.25, -0.2) is 0 Å². The summed E-state index contributed by atoms with van der Waals surface area (Å²) in [6.07, 6.45) is 1.74. The number of hydrogen-bond acceptors (Lipinski definition) is 3. The fraction of sp³-hybridized carbons (Fsp3) is 0.409. The Labute approximate surface area is 175 Å². The van der Waals surface area contributed by atoms with Crippen molar-refractivity contribution in [3.05, 3.63) is 64.5 Å². The highest BCUT2D eigenvalue weighted by atomic mass is 16.2. The molecule has 0 saturated carbocycles. The largest absolute Gasteiger partial charge is 0.354 e. The van der Waals surface area contributed by atoms with Gasteiger partial charge in [-0.05, 0) is 57.5 Å². The Kier molecular flexibility index (Phi) is 5.24. The van der Waals surface area contributed by atoms with Crippen LogP contribution in [0.15, 0.2) is 30.5 Å². The van der Waals surface area contributed by atoms with Gasteiger partial charge in [0.2, 0.25) is 5.91 Å². The van der Waals surface area contributed by atoms with Gasteiger partial charge in [0.25, 0.3) is 5.91 Å². The maximum atomic E-state index is 13.2. The lowest BCUT2D eigenvalue weighted by atomic mass is 10.2. The minimum absolute atomic E-state index is 0.0258. The van der Waals surface area contributed by atoms with E-state index in [0.29, 0.717) is 25.3 Å². The molecule has 1 aliphatic heterocycles. The van der Waals surface area contributed by atoms with Crippen molar-refractivity contribution in [3.63, 3.8) is 0 Å². The maximum Gasteiger partial charge on any atom is 0.268 e. The molecule has 2 amide bonds. The highest BCUT2D eigenvalue weighted by Crippen LogP contribution is 2.15. The molecule has 8 nitrogen and oxygen atoms in total. The standard InChI is InChI=1S/C22H28N6O2/c1-14-9-20(24-17(14)4)22(30)25-18-10-26(12-19-7-8-23-28(19)11-18)21(29)13-27-15(2)5-6-16(27)3/h5-9,18,24H,10-13H2,1-4H3,(H,25,30). The Hall–Kier alpha value is -3.29. The molecule has 0 bridgehead atoms. The second-order valence-electron chi connectivity index (χ2n) is 8.14. The van der Waals surface area contributed by atoms with Crippen LogP contribution in [0, 0.1) is 27.7 Å².